The van der Waals surface area contributed by atoms with Crippen molar-refractivity contribution in [3.8, 4) is 0 Å². The minimum Gasteiger partial charge on any atom is -0.390 e. The molecule has 1 heterocycles. The second-order valence-electron chi connectivity index (χ2n) is 5.22. The van der Waals surface area contributed by atoms with Crippen LogP contribution in [0.3, 0.4) is 0 Å². The van der Waals surface area contributed by atoms with Crippen LogP contribution in [0.5, 0.6) is 0 Å². The first-order chi connectivity index (χ1) is 11.8. The Kier molecular flexibility index (Phi) is 6.49. The molecule has 9 heteroatoms. The summed E-state index contributed by atoms with van der Waals surface area (Å²) in [6.07, 6.45) is -2.94. The molecule has 25 heavy (non-hydrogen) atoms. The number of hydrogen-bond donors (Lipinski definition) is 2. The van der Waals surface area contributed by atoms with Gasteiger partial charge in [-0.1, -0.05) is 30.0 Å². The van der Waals surface area contributed by atoms with Crippen LogP contribution in [0.25, 0.3) is 0 Å². The molecule has 136 valence electrons. The molecule has 5 nitrogen and oxygen atoms in total. The summed E-state index contributed by atoms with van der Waals surface area (Å²) in [5, 5.41) is 12.5. The average Bonchev–Trinajstić information content (AvgIpc) is 2.94. The number of aliphatic hydroxyl groups is 1. The summed E-state index contributed by atoms with van der Waals surface area (Å²) < 4.78 is 39.9. The zero-order valence-corrected chi connectivity index (χ0v) is 14.3. The molecule has 0 atom stereocenters. The molecule has 1 amide bonds. The zero-order chi connectivity index (χ0) is 18.4. The molecule has 2 aromatic rings. The standard InChI is InChI=1S/C16H18F3N3O2S/c1-2-20-14(24)8-22-13(9-23)7-21-15(22)25-10-11-4-3-5-12(6-11)16(17,18)19/h3-7,23H,2,8-10H2,1H3,(H,20,24). The Morgan fingerprint density at radius 3 is 2.80 bits per heavy atom. The van der Waals surface area contributed by atoms with E-state index in [1.807, 2.05) is 0 Å². The van der Waals surface area contributed by atoms with Crippen LogP contribution >= 0.6 is 11.8 Å². The van der Waals surface area contributed by atoms with E-state index in [4.69, 9.17) is 0 Å². The number of amides is 1. The predicted octanol–water partition coefficient (Wildman–Crippen LogP) is 2.82. The van der Waals surface area contributed by atoms with Crippen molar-refractivity contribution in [1.82, 2.24) is 14.9 Å². The van der Waals surface area contributed by atoms with Crippen LogP contribution in [-0.2, 0) is 29.9 Å². The van der Waals surface area contributed by atoms with Gasteiger partial charge in [0.05, 0.1) is 24.1 Å². The van der Waals surface area contributed by atoms with Crippen molar-refractivity contribution in [3.05, 3.63) is 47.3 Å². The Labute approximate surface area is 147 Å². The number of aliphatic hydroxyl groups excluding tert-OH is 1. The fourth-order valence-corrected chi connectivity index (χ4v) is 3.12. The van der Waals surface area contributed by atoms with E-state index in [9.17, 15) is 23.1 Å². The maximum atomic E-state index is 12.8. The summed E-state index contributed by atoms with van der Waals surface area (Å²) in [7, 11) is 0. The van der Waals surface area contributed by atoms with Gasteiger partial charge >= 0.3 is 6.18 Å². The summed E-state index contributed by atoms with van der Waals surface area (Å²) in [6.45, 7) is 1.99. The van der Waals surface area contributed by atoms with Crippen LogP contribution in [0.2, 0.25) is 0 Å². The van der Waals surface area contributed by atoms with Crippen molar-refractivity contribution >= 4 is 17.7 Å². The minimum atomic E-state index is -4.39. The van der Waals surface area contributed by atoms with E-state index >= 15 is 0 Å². The van der Waals surface area contributed by atoms with Crippen LogP contribution < -0.4 is 5.32 Å². The van der Waals surface area contributed by atoms with E-state index in [0.717, 1.165) is 12.1 Å². The number of carbonyl (C=O) groups excluding carboxylic acids is 1. The number of benzene rings is 1. The van der Waals surface area contributed by atoms with Crippen LogP contribution in [0.4, 0.5) is 13.2 Å². The first-order valence-corrected chi connectivity index (χ1v) is 8.54. The lowest BCUT2D eigenvalue weighted by Crippen LogP contribution is -2.28. The predicted molar refractivity (Wildman–Crippen MR) is 87.8 cm³/mol. The number of nitrogens with zero attached hydrogens (tertiary/aromatic N) is 2. The number of carbonyl (C=O) groups is 1. The smallest absolute Gasteiger partial charge is 0.390 e. The Balaban J connectivity index is 2.13. The van der Waals surface area contributed by atoms with Crippen molar-refractivity contribution in [1.29, 1.82) is 0 Å². The van der Waals surface area contributed by atoms with Gasteiger partial charge in [0, 0.05) is 12.3 Å². The van der Waals surface area contributed by atoms with Gasteiger partial charge in [-0.3, -0.25) is 4.79 Å². The molecule has 0 saturated heterocycles. The second kappa shape index (κ2) is 8.39. The van der Waals surface area contributed by atoms with Crippen LogP contribution in [-0.4, -0.2) is 27.1 Å². The molecule has 0 bridgehead atoms. The molecular weight excluding hydrogens is 355 g/mol. The average molecular weight is 373 g/mol. The second-order valence-corrected chi connectivity index (χ2v) is 6.16. The number of nitrogens with one attached hydrogen (secondary N) is 1. The number of aromatic nitrogens is 2. The van der Waals surface area contributed by atoms with Gasteiger partial charge in [0.25, 0.3) is 0 Å². The molecule has 2 N–H and O–H groups in total. The zero-order valence-electron chi connectivity index (χ0n) is 13.5. The molecule has 0 spiro atoms. The van der Waals surface area contributed by atoms with Gasteiger partial charge in [-0.15, -0.1) is 0 Å². The Hall–Kier alpha value is -2.00. The maximum Gasteiger partial charge on any atom is 0.416 e. The molecule has 0 aliphatic carbocycles. The number of imidazole rings is 1. The molecule has 1 aromatic carbocycles. The molecule has 0 fully saturated rings. The first kappa shape index (κ1) is 19.3. The SMILES string of the molecule is CCNC(=O)Cn1c(CO)cnc1SCc1cccc(C(F)(F)F)c1. The Bertz CT molecular complexity index is 732. The first-order valence-electron chi connectivity index (χ1n) is 7.56. The monoisotopic (exact) mass is 373 g/mol. The molecule has 2 rings (SSSR count). The van der Waals surface area contributed by atoms with Crippen molar-refractivity contribution in [3.63, 3.8) is 0 Å². The summed E-state index contributed by atoms with van der Waals surface area (Å²) in [6, 6.07) is 5.08. The highest BCUT2D eigenvalue weighted by Gasteiger charge is 2.30. The summed E-state index contributed by atoms with van der Waals surface area (Å²) >= 11 is 1.21. The fraction of sp³-hybridized carbons (Fsp3) is 0.375. The number of halogens is 3. The molecule has 0 unspecified atom stereocenters. The van der Waals surface area contributed by atoms with Crippen molar-refractivity contribution in [2.24, 2.45) is 0 Å². The Morgan fingerprint density at radius 2 is 2.16 bits per heavy atom. The summed E-state index contributed by atoms with van der Waals surface area (Å²) in [5.41, 5.74) is 0.267. The highest BCUT2D eigenvalue weighted by molar-refractivity contribution is 7.98. The van der Waals surface area contributed by atoms with Gasteiger partial charge in [0.1, 0.15) is 6.54 Å². The summed E-state index contributed by atoms with van der Waals surface area (Å²) in [5.74, 6) is 0.0393. The number of hydrogen-bond acceptors (Lipinski definition) is 4. The third-order valence-electron chi connectivity index (χ3n) is 3.36. The summed E-state index contributed by atoms with van der Waals surface area (Å²) in [4.78, 5) is 15.9. The van der Waals surface area contributed by atoms with Crippen molar-refractivity contribution in [2.75, 3.05) is 6.54 Å². The molecule has 1 aromatic heterocycles. The highest BCUT2D eigenvalue weighted by Crippen LogP contribution is 2.31. The Morgan fingerprint density at radius 1 is 1.40 bits per heavy atom. The minimum absolute atomic E-state index is 0.00530. The van der Waals surface area contributed by atoms with Crippen LogP contribution in [0, 0.1) is 0 Å². The van der Waals surface area contributed by atoms with Gasteiger partial charge in [-0.25, -0.2) is 4.98 Å². The van der Waals surface area contributed by atoms with Gasteiger partial charge in [0.2, 0.25) is 5.91 Å². The van der Waals surface area contributed by atoms with E-state index in [0.29, 0.717) is 23.0 Å². The lowest BCUT2D eigenvalue weighted by Gasteiger charge is -2.11. The van der Waals surface area contributed by atoms with Gasteiger partial charge in [-0.2, -0.15) is 13.2 Å². The van der Waals surface area contributed by atoms with Gasteiger partial charge in [-0.05, 0) is 18.6 Å². The van der Waals surface area contributed by atoms with Crippen LogP contribution in [0.1, 0.15) is 23.7 Å². The van der Waals surface area contributed by atoms with Gasteiger partial charge in [0.15, 0.2) is 5.16 Å². The number of likely N-dealkylation sites (N-methyl/N-ethyl adjacent to an activating group) is 1. The molecular formula is C16H18F3N3O2S. The number of alkyl halides is 3. The normalized spacial score (nSPS) is 11.6. The van der Waals surface area contributed by atoms with Gasteiger partial charge < -0.3 is 15.0 Å². The van der Waals surface area contributed by atoms with E-state index < -0.39 is 11.7 Å². The fourth-order valence-electron chi connectivity index (χ4n) is 2.18. The molecule has 0 radical (unpaired) electrons. The van der Waals surface area contributed by atoms with Crippen LogP contribution in [0.15, 0.2) is 35.6 Å². The van der Waals surface area contributed by atoms with E-state index in [-0.39, 0.29) is 24.8 Å². The van der Waals surface area contributed by atoms with Crippen molar-refractivity contribution in [2.45, 2.75) is 37.2 Å². The molecule has 0 aliphatic rings. The van der Waals surface area contributed by atoms with E-state index in [2.05, 4.69) is 10.3 Å². The topological polar surface area (TPSA) is 67.2 Å². The lowest BCUT2D eigenvalue weighted by atomic mass is 10.1. The quantitative estimate of drug-likeness (QED) is 0.733. The molecule has 0 saturated carbocycles. The lowest BCUT2D eigenvalue weighted by molar-refractivity contribution is -0.137. The highest BCUT2D eigenvalue weighted by atomic mass is 32.2. The third-order valence-corrected chi connectivity index (χ3v) is 4.42. The number of thioether (sulfide) groups is 1. The maximum absolute atomic E-state index is 12.8. The van der Waals surface area contributed by atoms with Crippen molar-refractivity contribution < 1.29 is 23.1 Å². The third kappa shape index (κ3) is 5.23. The number of rotatable bonds is 7. The van der Waals surface area contributed by atoms with E-state index in [1.54, 1.807) is 17.6 Å². The largest absolute Gasteiger partial charge is 0.416 e. The molecule has 0 aliphatic heterocycles. The van der Waals surface area contributed by atoms with E-state index in [1.165, 1.54) is 24.0 Å².